The lowest BCUT2D eigenvalue weighted by Gasteiger charge is -2.18. The lowest BCUT2D eigenvalue weighted by atomic mass is 10.1. The van der Waals surface area contributed by atoms with Crippen LogP contribution in [0.4, 0.5) is 0 Å². The van der Waals surface area contributed by atoms with Crippen molar-refractivity contribution in [2.24, 2.45) is 0 Å². The van der Waals surface area contributed by atoms with E-state index in [-0.39, 0.29) is 31.1 Å². The fraction of sp³-hybridized carbons (Fsp3) is 0.787. The van der Waals surface area contributed by atoms with Crippen molar-refractivity contribution >= 4 is 17.9 Å². The SMILES string of the molecule is CC/C=C\C/C=C\C/C=C\CCCCCC(=O)OCC(COC(=O)CCCCCCCCCCC/C=C\CCCCCCCC)OC(=O)CCCCCCCCC/C=C\CCCCCCCC. The maximum absolute atomic E-state index is 12.8. The normalized spacial score (nSPS) is 12.5. The van der Waals surface area contributed by atoms with Crippen LogP contribution in [0, 0.1) is 0 Å². The van der Waals surface area contributed by atoms with E-state index in [2.05, 4.69) is 81.5 Å². The average molecular weight is 938 g/mol. The van der Waals surface area contributed by atoms with E-state index in [4.69, 9.17) is 14.2 Å². The van der Waals surface area contributed by atoms with Gasteiger partial charge in [-0.05, 0) is 103 Å². The first-order chi connectivity index (χ1) is 33.0. The van der Waals surface area contributed by atoms with Crippen molar-refractivity contribution < 1.29 is 28.6 Å². The second-order valence-corrected chi connectivity index (χ2v) is 19.2. The molecule has 0 N–H and O–H groups in total. The van der Waals surface area contributed by atoms with Crippen LogP contribution in [0.3, 0.4) is 0 Å². The first kappa shape index (κ1) is 64.1. The van der Waals surface area contributed by atoms with Crippen LogP contribution in [0.25, 0.3) is 0 Å². The summed E-state index contributed by atoms with van der Waals surface area (Å²) >= 11 is 0. The standard InChI is InChI=1S/C61H108O6/c1-4-7-10-13-16-19-22-25-27-29-30-32-33-36-39-42-45-48-51-54-60(63)66-57-58(56-65-59(62)53-50-47-44-41-38-35-24-21-18-15-12-9-6-3)67-61(64)55-52-49-46-43-40-37-34-31-28-26-23-20-17-14-11-8-5-2/h9,12,18,21,25-28,35,38,58H,4-8,10-11,13-17,19-20,22-24,29-34,36-37,39-57H2,1-3H3/b12-9-,21-18-,27-25-,28-26-,38-35-. The van der Waals surface area contributed by atoms with Gasteiger partial charge < -0.3 is 14.2 Å². The van der Waals surface area contributed by atoms with Crippen LogP contribution in [0.1, 0.15) is 290 Å². The first-order valence-electron chi connectivity index (χ1n) is 28.8. The van der Waals surface area contributed by atoms with Crippen LogP contribution in [0.2, 0.25) is 0 Å². The van der Waals surface area contributed by atoms with Gasteiger partial charge in [-0.3, -0.25) is 14.4 Å². The number of hydrogen-bond acceptors (Lipinski definition) is 6. The lowest BCUT2D eigenvalue weighted by Crippen LogP contribution is -2.30. The molecular formula is C61H108O6. The fourth-order valence-electron chi connectivity index (χ4n) is 8.15. The summed E-state index contributed by atoms with van der Waals surface area (Å²) in [6.07, 6.45) is 69.3. The largest absolute Gasteiger partial charge is 0.462 e. The third-order valence-corrected chi connectivity index (χ3v) is 12.5. The van der Waals surface area contributed by atoms with E-state index in [9.17, 15) is 14.4 Å². The molecule has 6 heteroatoms. The maximum atomic E-state index is 12.8. The number of esters is 3. The number of carbonyl (C=O) groups excluding carboxylic acids is 3. The highest BCUT2D eigenvalue weighted by atomic mass is 16.6. The summed E-state index contributed by atoms with van der Waals surface area (Å²) in [7, 11) is 0. The first-order valence-corrected chi connectivity index (χ1v) is 28.8. The van der Waals surface area contributed by atoms with Gasteiger partial charge >= 0.3 is 17.9 Å². The Bertz CT molecular complexity index is 1210. The Morgan fingerprint density at radius 1 is 0.313 bits per heavy atom. The van der Waals surface area contributed by atoms with Gasteiger partial charge in [0.05, 0.1) is 0 Å². The van der Waals surface area contributed by atoms with Crippen LogP contribution in [-0.4, -0.2) is 37.2 Å². The van der Waals surface area contributed by atoms with E-state index in [0.717, 1.165) is 83.5 Å². The van der Waals surface area contributed by atoms with Gasteiger partial charge in [-0.15, -0.1) is 0 Å². The monoisotopic (exact) mass is 937 g/mol. The lowest BCUT2D eigenvalue weighted by molar-refractivity contribution is -0.167. The van der Waals surface area contributed by atoms with Crippen molar-refractivity contribution in [1.82, 2.24) is 0 Å². The van der Waals surface area contributed by atoms with Gasteiger partial charge in [-0.1, -0.05) is 229 Å². The van der Waals surface area contributed by atoms with Crippen LogP contribution in [-0.2, 0) is 28.6 Å². The summed E-state index contributed by atoms with van der Waals surface area (Å²) in [5.41, 5.74) is 0. The molecule has 0 saturated carbocycles. The van der Waals surface area contributed by atoms with Crippen molar-refractivity contribution in [1.29, 1.82) is 0 Å². The quantitative estimate of drug-likeness (QED) is 0.0262. The topological polar surface area (TPSA) is 78.9 Å². The Kier molecular flexibility index (Phi) is 53.3. The predicted molar refractivity (Wildman–Crippen MR) is 288 cm³/mol. The van der Waals surface area contributed by atoms with Gasteiger partial charge in [0.1, 0.15) is 13.2 Å². The van der Waals surface area contributed by atoms with Crippen LogP contribution in [0.5, 0.6) is 0 Å². The van der Waals surface area contributed by atoms with Gasteiger partial charge in [0, 0.05) is 19.3 Å². The minimum atomic E-state index is -0.789. The van der Waals surface area contributed by atoms with Gasteiger partial charge in [-0.2, -0.15) is 0 Å². The highest BCUT2D eigenvalue weighted by molar-refractivity contribution is 5.71. The Balaban J connectivity index is 4.37. The Morgan fingerprint density at radius 3 is 0.940 bits per heavy atom. The third-order valence-electron chi connectivity index (χ3n) is 12.5. The zero-order valence-electron chi connectivity index (χ0n) is 44.4. The number of carbonyl (C=O) groups is 3. The van der Waals surface area contributed by atoms with E-state index < -0.39 is 6.10 Å². The molecule has 0 amide bonds. The molecule has 0 spiro atoms. The number of hydrogen-bond donors (Lipinski definition) is 0. The molecule has 0 aliphatic rings. The Morgan fingerprint density at radius 2 is 0.582 bits per heavy atom. The van der Waals surface area contributed by atoms with Crippen molar-refractivity contribution in [2.45, 2.75) is 297 Å². The molecule has 67 heavy (non-hydrogen) atoms. The minimum absolute atomic E-state index is 0.0853. The van der Waals surface area contributed by atoms with Crippen molar-refractivity contribution in [3.63, 3.8) is 0 Å². The van der Waals surface area contributed by atoms with Gasteiger partial charge in [0.25, 0.3) is 0 Å². The molecule has 0 rings (SSSR count). The summed E-state index contributed by atoms with van der Waals surface area (Å²) in [4.78, 5) is 38.1. The molecule has 0 bridgehead atoms. The van der Waals surface area contributed by atoms with Crippen molar-refractivity contribution in [2.75, 3.05) is 13.2 Å². The number of unbranched alkanes of at least 4 members (excludes halogenated alkanes) is 31. The molecule has 0 radical (unpaired) electrons. The van der Waals surface area contributed by atoms with Crippen LogP contribution in [0.15, 0.2) is 60.8 Å². The summed E-state index contributed by atoms with van der Waals surface area (Å²) < 4.78 is 16.8. The summed E-state index contributed by atoms with van der Waals surface area (Å²) in [5, 5.41) is 0. The van der Waals surface area contributed by atoms with E-state index >= 15 is 0 Å². The van der Waals surface area contributed by atoms with Crippen molar-refractivity contribution in [3.8, 4) is 0 Å². The molecule has 0 fully saturated rings. The number of ether oxygens (including phenoxy) is 3. The molecule has 0 heterocycles. The maximum Gasteiger partial charge on any atom is 0.306 e. The van der Waals surface area contributed by atoms with E-state index in [1.807, 2.05) is 0 Å². The molecule has 0 aromatic heterocycles. The zero-order valence-corrected chi connectivity index (χ0v) is 44.4. The van der Waals surface area contributed by atoms with Crippen LogP contribution >= 0.6 is 0 Å². The molecule has 0 aromatic rings. The highest BCUT2D eigenvalue weighted by Gasteiger charge is 2.19. The number of allylic oxidation sites excluding steroid dienone is 10. The van der Waals surface area contributed by atoms with E-state index in [1.165, 1.54) is 167 Å². The van der Waals surface area contributed by atoms with Crippen LogP contribution < -0.4 is 0 Å². The summed E-state index contributed by atoms with van der Waals surface area (Å²) in [5.74, 6) is -0.912. The minimum Gasteiger partial charge on any atom is -0.462 e. The fourth-order valence-corrected chi connectivity index (χ4v) is 8.15. The van der Waals surface area contributed by atoms with Crippen molar-refractivity contribution in [3.05, 3.63) is 60.8 Å². The number of rotatable bonds is 52. The Labute approximate surface area is 415 Å². The second-order valence-electron chi connectivity index (χ2n) is 19.2. The molecule has 0 saturated heterocycles. The highest BCUT2D eigenvalue weighted by Crippen LogP contribution is 2.15. The van der Waals surface area contributed by atoms with E-state index in [1.54, 1.807) is 0 Å². The predicted octanol–water partition coefficient (Wildman–Crippen LogP) is 19.2. The molecule has 6 nitrogen and oxygen atoms in total. The molecule has 1 unspecified atom stereocenters. The molecule has 0 aliphatic heterocycles. The van der Waals surface area contributed by atoms with Gasteiger partial charge in [0.2, 0.25) is 0 Å². The molecular weight excluding hydrogens is 829 g/mol. The average Bonchev–Trinajstić information content (AvgIpc) is 3.33. The zero-order chi connectivity index (χ0) is 48.6. The smallest absolute Gasteiger partial charge is 0.306 e. The summed E-state index contributed by atoms with van der Waals surface area (Å²) in [6, 6.07) is 0. The Hall–Kier alpha value is -2.89. The molecule has 0 aliphatic carbocycles. The molecule has 1 atom stereocenters. The molecule has 0 aromatic carbocycles. The third kappa shape index (κ3) is 53.9. The molecule has 388 valence electrons. The van der Waals surface area contributed by atoms with Gasteiger partial charge in [-0.25, -0.2) is 0 Å². The van der Waals surface area contributed by atoms with E-state index in [0.29, 0.717) is 19.3 Å². The second kappa shape index (κ2) is 55.7. The summed E-state index contributed by atoms with van der Waals surface area (Å²) in [6.45, 7) is 6.51. The van der Waals surface area contributed by atoms with Gasteiger partial charge in [0.15, 0.2) is 6.10 Å².